The Morgan fingerprint density at radius 1 is 1.33 bits per heavy atom. The van der Waals surface area contributed by atoms with Crippen molar-refractivity contribution in [2.24, 2.45) is 5.92 Å². The van der Waals surface area contributed by atoms with Crippen LogP contribution in [0.15, 0.2) is 24.3 Å². The maximum atomic E-state index is 11.4. The molecule has 0 heterocycles. The molecule has 2 nitrogen and oxygen atoms in total. The smallest absolute Gasteiger partial charge is 0.219 e. The van der Waals surface area contributed by atoms with E-state index in [4.69, 9.17) is 0 Å². The van der Waals surface area contributed by atoms with Crippen molar-refractivity contribution in [2.45, 2.75) is 46.0 Å². The highest BCUT2D eigenvalue weighted by Crippen LogP contribution is 2.11. The highest BCUT2D eigenvalue weighted by atomic mass is 16.1. The lowest BCUT2D eigenvalue weighted by molar-refractivity contribution is -0.120. The molecule has 0 saturated heterocycles. The van der Waals surface area contributed by atoms with Crippen molar-refractivity contribution in [3.8, 4) is 0 Å². The van der Waals surface area contributed by atoms with E-state index in [0.717, 1.165) is 18.7 Å². The quantitative estimate of drug-likeness (QED) is 0.734. The van der Waals surface area contributed by atoms with Gasteiger partial charge in [-0.05, 0) is 29.9 Å². The van der Waals surface area contributed by atoms with E-state index in [2.05, 4.69) is 43.4 Å². The average Bonchev–Trinajstić information content (AvgIpc) is 2.35. The largest absolute Gasteiger partial charge is 0.352 e. The fourth-order valence-electron chi connectivity index (χ4n) is 1.87. The normalized spacial score (nSPS) is 10.6. The number of hydrogen-bond donors (Lipinski definition) is 1. The third-order valence-corrected chi connectivity index (χ3v) is 2.97. The molecule has 0 fully saturated rings. The summed E-state index contributed by atoms with van der Waals surface area (Å²) in [6, 6.07) is 8.52. The van der Waals surface area contributed by atoms with Gasteiger partial charge >= 0.3 is 0 Å². The van der Waals surface area contributed by atoms with Gasteiger partial charge in [0, 0.05) is 13.0 Å². The van der Waals surface area contributed by atoms with Crippen molar-refractivity contribution in [3.63, 3.8) is 0 Å². The monoisotopic (exact) mass is 245 g/mol. The molecule has 0 bridgehead atoms. The molecule has 3 heteroatoms. The molecule has 0 aliphatic carbocycles. The second-order valence-electron chi connectivity index (χ2n) is 5.28. The fourth-order valence-corrected chi connectivity index (χ4v) is 1.87. The maximum Gasteiger partial charge on any atom is 0.219 e. The van der Waals surface area contributed by atoms with Crippen LogP contribution in [-0.2, 0) is 17.8 Å². The fraction of sp³-hybridized carbons (Fsp3) is 0.533. The minimum Gasteiger partial charge on any atom is -0.352 e. The summed E-state index contributed by atoms with van der Waals surface area (Å²) in [6.07, 6.45) is 3.85. The van der Waals surface area contributed by atoms with Crippen LogP contribution in [0.1, 0.15) is 37.8 Å². The second-order valence-corrected chi connectivity index (χ2v) is 5.28. The van der Waals surface area contributed by atoms with Gasteiger partial charge in [0.25, 0.3) is 0 Å². The van der Waals surface area contributed by atoms with E-state index >= 15 is 0 Å². The highest BCUT2D eigenvalue weighted by molar-refractivity contribution is 6.09. The van der Waals surface area contributed by atoms with Crippen LogP contribution in [0.25, 0.3) is 0 Å². The summed E-state index contributed by atoms with van der Waals surface area (Å²) in [5.41, 5.74) is 2.56. The Labute approximate surface area is 112 Å². The van der Waals surface area contributed by atoms with E-state index in [-0.39, 0.29) is 5.91 Å². The molecule has 98 valence electrons. The van der Waals surface area contributed by atoms with E-state index in [1.54, 1.807) is 0 Å². The number of hydrogen-bond acceptors (Lipinski definition) is 1. The summed E-state index contributed by atoms with van der Waals surface area (Å²) in [5, 5.41) is 2.95. The average molecular weight is 245 g/mol. The second kappa shape index (κ2) is 7.96. The summed E-state index contributed by atoms with van der Waals surface area (Å²) >= 11 is 0. The van der Waals surface area contributed by atoms with Gasteiger partial charge in [-0.25, -0.2) is 0 Å². The Hall–Kier alpha value is -1.25. The Balaban J connectivity index is 2.46. The molecule has 0 aliphatic heterocycles. The summed E-state index contributed by atoms with van der Waals surface area (Å²) in [5.74, 6) is 0.878. The number of aryl methyl sites for hydroxylation is 1. The predicted molar refractivity (Wildman–Crippen MR) is 79.4 cm³/mol. The Morgan fingerprint density at radius 2 is 2.06 bits per heavy atom. The van der Waals surface area contributed by atoms with Crippen LogP contribution in [0.3, 0.4) is 0 Å². The number of rotatable bonds is 7. The standard InChI is InChI=1S/C15H24BNO/c1-12(2)6-7-13-4-3-5-14(10-13)11-17-15(18)8-9-16/h3-5,10,12H,6-9,11,16H2,1-2H3,(H,17,18). The third-order valence-electron chi connectivity index (χ3n) is 2.97. The minimum absolute atomic E-state index is 0.144. The van der Waals surface area contributed by atoms with E-state index in [9.17, 15) is 4.79 Å². The van der Waals surface area contributed by atoms with Crippen molar-refractivity contribution in [1.29, 1.82) is 0 Å². The summed E-state index contributed by atoms with van der Waals surface area (Å²) in [7, 11) is 2.02. The Bertz CT molecular complexity index is 377. The molecule has 0 aliphatic rings. The van der Waals surface area contributed by atoms with Crippen LogP contribution in [-0.4, -0.2) is 13.8 Å². The highest BCUT2D eigenvalue weighted by Gasteiger charge is 2.01. The van der Waals surface area contributed by atoms with Crippen LogP contribution >= 0.6 is 0 Å². The Kier molecular flexibility index (Phi) is 6.55. The topological polar surface area (TPSA) is 29.1 Å². The number of amides is 1. The van der Waals surface area contributed by atoms with E-state index in [1.165, 1.54) is 17.5 Å². The van der Waals surface area contributed by atoms with Gasteiger partial charge in [-0.1, -0.05) is 44.4 Å². The molecule has 1 rings (SSSR count). The molecule has 0 radical (unpaired) electrons. The summed E-state index contributed by atoms with van der Waals surface area (Å²) in [4.78, 5) is 11.4. The minimum atomic E-state index is 0.144. The Morgan fingerprint density at radius 3 is 2.72 bits per heavy atom. The predicted octanol–water partition coefficient (Wildman–Crippen LogP) is 2.33. The third kappa shape index (κ3) is 5.90. The SMILES string of the molecule is BCCC(=O)NCc1cccc(CCC(C)C)c1. The lowest BCUT2D eigenvalue weighted by Crippen LogP contribution is -2.22. The lowest BCUT2D eigenvalue weighted by atomic mass is 10.0. The first-order valence-corrected chi connectivity index (χ1v) is 6.96. The number of benzene rings is 1. The van der Waals surface area contributed by atoms with E-state index in [0.29, 0.717) is 13.0 Å². The lowest BCUT2D eigenvalue weighted by Gasteiger charge is -2.08. The van der Waals surface area contributed by atoms with Gasteiger partial charge in [-0.3, -0.25) is 4.79 Å². The van der Waals surface area contributed by atoms with Crippen molar-refractivity contribution in [2.75, 3.05) is 0 Å². The number of carbonyl (C=O) groups is 1. The zero-order valence-electron chi connectivity index (χ0n) is 11.8. The van der Waals surface area contributed by atoms with Gasteiger partial charge in [0.15, 0.2) is 0 Å². The zero-order chi connectivity index (χ0) is 13.4. The van der Waals surface area contributed by atoms with Crippen molar-refractivity contribution >= 4 is 13.8 Å². The first-order chi connectivity index (χ1) is 8.61. The molecule has 0 spiro atoms. The van der Waals surface area contributed by atoms with Gasteiger partial charge in [-0.2, -0.15) is 0 Å². The molecule has 0 saturated carbocycles. The first kappa shape index (κ1) is 14.8. The van der Waals surface area contributed by atoms with Crippen LogP contribution in [0.2, 0.25) is 6.32 Å². The molecular weight excluding hydrogens is 221 g/mol. The maximum absolute atomic E-state index is 11.4. The molecule has 0 atom stereocenters. The van der Waals surface area contributed by atoms with Crippen LogP contribution in [0, 0.1) is 5.92 Å². The zero-order valence-corrected chi connectivity index (χ0v) is 11.8. The van der Waals surface area contributed by atoms with Gasteiger partial charge in [0.1, 0.15) is 7.85 Å². The summed E-state index contributed by atoms with van der Waals surface area (Å²) < 4.78 is 0. The van der Waals surface area contributed by atoms with Crippen molar-refractivity contribution in [3.05, 3.63) is 35.4 Å². The number of nitrogens with one attached hydrogen (secondary N) is 1. The van der Waals surface area contributed by atoms with E-state index < -0.39 is 0 Å². The van der Waals surface area contributed by atoms with Crippen LogP contribution in [0.4, 0.5) is 0 Å². The van der Waals surface area contributed by atoms with Gasteiger partial charge in [0.2, 0.25) is 5.91 Å². The molecule has 0 aromatic heterocycles. The van der Waals surface area contributed by atoms with Crippen molar-refractivity contribution in [1.82, 2.24) is 5.32 Å². The molecule has 1 N–H and O–H groups in total. The molecule has 18 heavy (non-hydrogen) atoms. The van der Waals surface area contributed by atoms with Gasteiger partial charge in [-0.15, -0.1) is 0 Å². The molecule has 1 aromatic rings. The van der Waals surface area contributed by atoms with E-state index in [1.807, 2.05) is 7.85 Å². The molecule has 1 aromatic carbocycles. The van der Waals surface area contributed by atoms with Gasteiger partial charge in [0.05, 0.1) is 0 Å². The van der Waals surface area contributed by atoms with Crippen LogP contribution in [0.5, 0.6) is 0 Å². The van der Waals surface area contributed by atoms with Crippen molar-refractivity contribution < 1.29 is 4.79 Å². The van der Waals surface area contributed by atoms with Gasteiger partial charge < -0.3 is 5.32 Å². The number of carbonyl (C=O) groups excluding carboxylic acids is 1. The molecule has 1 amide bonds. The molecular formula is C15H24BNO. The molecule has 0 unspecified atom stereocenters. The first-order valence-electron chi connectivity index (χ1n) is 6.96. The summed E-state index contributed by atoms with van der Waals surface area (Å²) in [6.45, 7) is 5.14. The van der Waals surface area contributed by atoms with Crippen LogP contribution < -0.4 is 5.32 Å².